The molecule has 0 bridgehead atoms. The Morgan fingerprint density at radius 3 is 2.50 bits per heavy atom. The predicted molar refractivity (Wildman–Crippen MR) is 91.0 cm³/mol. The normalized spacial score (nSPS) is 11.0. The first-order chi connectivity index (χ1) is 10.7. The number of tetrazole rings is 1. The Balaban J connectivity index is 1.76. The van der Waals surface area contributed by atoms with Gasteiger partial charge in [-0.15, -0.1) is 5.10 Å². The van der Waals surface area contributed by atoms with E-state index in [4.69, 9.17) is 11.6 Å². The van der Waals surface area contributed by atoms with Crippen LogP contribution in [0.4, 0.5) is 5.69 Å². The van der Waals surface area contributed by atoms with E-state index in [1.54, 1.807) is 17.0 Å². The van der Waals surface area contributed by atoms with Crippen molar-refractivity contribution in [3.05, 3.63) is 70.1 Å². The third-order valence-corrected chi connectivity index (χ3v) is 3.67. The Hall–Kier alpha value is -2.18. The van der Waals surface area contributed by atoms with Crippen LogP contribution in [0.5, 0.6) is 0 Å². The van der Waals surface area contributed by atoms with E-state index in [1.807, 2.05) is 48.5 Å². The fraction of sp³-hybridized carbons (Fsp3) is 0. The molecular weight excluding hydrogens is 366 g/mol. The van der Waals surface area contributed by atoms with Crippen LogP contribution < -0.4 is 5.32 Å². The number of benzene rings is 2. The fourth-order valence-electron chi connectivity index (χ4n) is 1.82. The standard InChI is InChI=1S/C15H11BrClN5/c16-11-1-7-14(8-2-11)22-15(19-20-21-22)9-10-18-13-5-3-12(17)4-6-13/h1-10,18H/b10-9-. The zero-order valence-corrected chi connectivity index (χ0v) is 13.7. The monoisotopic (exact) mass is 375 g/mol. The zero-order chi connectivity index (χ0) is 15.4. The molecule has 7 heteroatoms. The summed E-state index contributed by atoms with van der Waals surface area (Å²) in [6.45, 7) is 0. The van der Waals surface area contributed by atoms with Crippen LogP contribution in [0.2, 0.25) is 5.02 Å². The molecule has 1 N–H and O–H groups in total. The van der Waals surface area contributed by atoms with Crippen molar-refractivity contribution in [1.82, 2.24) is 20.2 Å². The number of anilines is 1. The quantitative estimate of drug-likeness (QED) is 0.743. The van der Waals surface area contributed by atoms with Gasteiger partial charge < -0.3 is 5.32 Å². The molecule has 5 nitrogen and oxygen atoms in total. The van der Waals surface area contributed by atoms with Crippen LogP contribution >= 0.6 is 27.5 Å². The summed E-state index contributed by atoms with van der Waals surface area (Å²) in [6.07, 6.45) is 3.58. The third-order valence-electron chi connectivity index (χ3n) is 2.89. The molecule has 0 fully saturated rings. The van der Waals surface area contributed by atoms with Crippen LogP contribution in [0.3, 0.4) is 0 Å². The number of halogens is 2. The molecule has 1 heterocycles. The van der Waals surface area contributed by atoms with Gasteiger partial charge in [0.15, 0.2) is 5.82 Å². The minimum Gasteiger partial charge on any atom is -0.362 e. The van der Waals surface area contributed by atoms with Crippen molar-refractivity contribution in [3.63, 3.8) is 0 Å². The van der Waals surface area contributed by atoms with E-state index in [2.05, 4.69) is 36.8 Å². The van der Waals surface area contributed by atoms with Crippen molar-refractivity contribution in [2.75, 3.05) is 5.32 Å². The van der Waals surface area contributed by atoms with E-state index in [-0.39, 0.29) is 0 Å². The topological polar surface area (TPSA) is 55.6 Å². The number of hydrogen-bond donors (Lipinski definition) is 1. The second-order valence-electron chi connectivity index (χ2n) is 4.41. The predicted octanol–water partition coefficient (Wildman–Crippen LogP) is 4.16. The molecular formula is C15H11BrClN5. The highest BCUT2D eigenvalue weighted by Crippen LogP contribution is 2.15. The zero-order valence-electron chi connectivity index (χ0n) is 11.3. The average molecular weight is 377 g/mol. The summed E-state index contributed by atoms with van der Waals surface area (Å²) in [5.41, 5.74) is 1.82. The molecule has 0 saturated carbocycles. The first-order valence-electron chi connectivity index (χ1n) is 6.45. The smallest absolute Gasteiger partial charge is 0.181 e. The minimum absolute atomic E-state index is 0.629. The van der Waals surface area contributed by atoms with Crippen molar-refractivity contribution in [3.8, 4) is 5.69 Å². The summed E-state index contributed by atoms with van der Waals surface area (Å²) in [6, 6.07) is 15.2. The lowest BCUT2D eigenvalue weighted by molar-refractivity contribution is 0.786. The fourth-order valence-corrected chi connectivity index (χ4v) is 2.21. The highest BCUT2D eigenvalue weighted by molar-refractivity contribution is 9.10. The van der Waals surface area contributed by atoms with E-state index in [0.717, 1.165) is 15.8 Å². The summed E-state index contributed by atoms with van der Waals surface area (Å²) < 4.78 is 2.66. The molecule has 22 heavy (non-hydrogen) atoms. The van der Waals surface area contributed by atoms with Crippen LogP contribution in [0, 0.1) is 0 Å². The SMILES string of the molecule is Clc1ccc(N/C=C\c2nnnn2-c2ccc(Br)cc2)cc1. The van der Waals surface area contributed by atoms with Crippen LogP contribution in [0.15, 0.2) is 59.2 Å². The Bertz CT molecular complexity index is 780. The van der Waals surface area contributed by atoms with Crippen LogP contribution in [0.1, 0.15) is 5.82 Å². The minimum atomic E-state index is 0.629. The van der Waals surface area contributed by atoms with Gasteiger partial charge in [-0.2, -0.15) is 4.68 Å². The summed E-state index contributed by atoms with van der Waals surface area (Å²) in [5.74, 6) is 0.629. The molecule has 0 radical (unpaired) electrons. The van der Waals surface area contributed by atoms with Gasteiger partial charge in [0.1, 0.15) is 0 Å². The Morgan fingerprint density at radius 1 is 1.05 bits per heavy atom. The second-order valence-corrected chi connectivity index (χ2v) is 5.76. The van der Waals surface area contributed by atoms with Gasteiger partial charge in [-0.3, -0.25) is 0 Å². The van der Waals surface area contributed by atoms with Gasteiger partial charge in [-0.1, -0.05) is 27.5 Å². The van der Waals surface area contributed by atoms with Crippen molar-refractivity contribution in [2.45, 2.75) is 0 Å². The molecule has 2 aromatic carbocycles. The number of nitrogens with zero attached hydrogens (tertiary/aromatic N) is 4. The molecule has 0 amide bonds. The first-order valence-corrected chi connectivity index (χ1v) is 7.62. The Kier molecular flexibility index (Phi) is 4.50. The van der Waals surface area contributed by atoms with Crippen LogP contribution in [0.25, 0.3) is 11.8 Å². The second kappa shape index (κ2) is 6.72. The Morgan fingerprint density at radius 2 is 1.77 bits per heavy atom. The van der Waals surface area contributed by atoms with E-state index in [0.29, 0.717) is 10.8 Å². The summed E-state index contributed by atoms with van der Waals surface area (Å²) >= 11 is 9.25. The highest BCUT2D eigenvalue weighted by atomic mass is 79.9. The molecule has 0 aliphatic rings. The van der Waals surface area contributed by atoms with Crippen molar-refractivity contribution in [2.24, 2.45) is 0 Å². The number of nitrogens with one attached hydrogen (secondary N) is 1. The van der Waals surface area contributed by atoms with Gasteiger partial charge in [0, 0.05) is 27.5 Å². The summed E-state index contributed by atoms with van der Waals surface area (Å²) in [5, 5.41) is 15.6. The molecule has 0 atom stereocenters. The summed E-state index contributed by atoms with van der Waals surface area (Å²) in [4.78, 5) is 0. The molecule has 0 unspecified atom stereocenters. The lowest BCUT2D eigenvalue weighted by Crippen LogP contribution is -1.99. The molecule has 1 aromatic heterocycles. The van der Waals surface area contributed by atoms with Gasteiger partial charge in [-0.05, 0) is 59.0 Å². The van der Waals surface area contributed by atoms with Crippen LogP contribution in [-0.4, -0.2) is 20.2 Å². The number of aromatic nitrogens is 4. The molecule has 3 rings (SSSR count). The van der Waals surface area contributed by atoms with E-state index in [1.165, 1.54) is 0 Å². The molecule has 0 saturated heterocycles. The van der Waals surface area contributed by atoms with E-state index >= 15 is 0 Å². The molecule has 0 aliphatic carbocycles. The van der Waals surface area contributed by atoms with E-state index in [9.17, 15) is 0 Å². The average Bonchev–Trinajstić information content (AvgIpc) is 2.98. The van der Waals surface area contributed by atoms with Gasteiger partial charge in [0.05, 0.1) is 5.69 Å². The van der Waals surface area contributed by atoms with Crippen molar-refractivity contribution < 1.29 is 0 Å². The van der Waals surface area contributed by atoms with Gasteiger partial charge >= 0.3 is 0 Å². The molecule has 0 spiro atoms. The third kappa shape index (κ3) is 3.52. The maximum Gasteiger partial charge on any atom is 0.181 e. The maximum atomic E-state index is 5.85. The highest BCUT2D eigenvalue weighted by Gasteiger charge is 2.04. The van der Waals surface area contributed by atoms with Gasteiger partial charge in [-0.25, -0.2) is 0 Å². The maximum absolute atomic E-state index is 5.85. The Labute approximate surface area is 140 Å². The molecule has 110 valence electrons. The van der Waals surface area contributed by atoms with Gasteiger partial charge in [0.25, 0.3) is 0 Å². The first kappa shape index (κ1) is 14.7. The summed E-state index contributed by atoms with van der Waals surface area (Å²) in [7, 11) is 0. The lowest BCUT2D eigenvalue weighted by atomic mass is 10.3. The number of hydrogen-bond acceptors (Lipinski definition) is 4. The van der Waals surface area contributed by atoms with Crippen LogP contribution in [-0.2, 0) is 0 Å². The van der Waals surface area contributed by atoms with Gasteiger partial charge in [0.2, 0.25) is 0 Å². The van der Waals surface area contributed by atoms with Crippen molar-refractivity contribution in [1.29, 1.82) is 0 Å². The van der Waals surface area contributed by atoms with Crippen molar-refractivity contribution >= 4 is 39.3 Å². The molecule has 0 aliphatic heterocycles. The molecule has 3 aromatic rings. The lowest BCUT2D eigenvalue weighted by Gasteiger charge is -2.02. The largest absolute Gasteiger partial charge is 0.362 e. The number of rotatable bonds is 4. The van der Waals surface area contributed by atoms with E-state index < -0.39 is 0 Å².